The maximum absolute atomic E-state index is 11.9. The van der Waals surface area contributed by atoms with Crippen LogP contribution in [0.2, 0.25) is 0 Å². The molecule has 0 aromatic heterocycles. The molecule has 0 aliphatic heterocycles. The first-order valence-electron chi connectivity index (χ1n) is 4.64. The average molecular weight is 253 g/mol. The summed E-state index contributed by atoms with van der Waals surface area (Å²) in [5.74, 6) is -0.337. The van der Waals surface area contributed by atoms with Gasteiger partial charge in [0.1, 0.15) is 17.9 Å². The highest BCUT2D eigenvalue weighted by molar-refractivity contribution is 6.10. The average Bonchev–Trinajstić information content (AvgIpc) is 2.30. The predicted molar refractivity (Wildman–Crippen MR) is 55.5 cm³/mol. The van der Waals surface area contributed by atoms with Gasteiger partial charge in [-0.3, -0.25) is 4.99 Å². The van der Waals surface area contributed by atoms with Crippen molar-refractivity contribution in [2.75, 3.05) is 0 Å². The fourth-order valence-electron chi connectivity index (χ4n) is 1.06. The van der Waals surface area contributed by atoms with Crippen molar-refractivity contribution in [3.8, 4) is 17.9 Å². The number of aliphatic imine (C=N–C) groups is 1. The van der Waals surface area contributed by atoms with Crippen LogP contribution in [0.5, 0.6) is 5.75 Å². The molecule has 1 aromatic rings. The molecule has 0 bridgehead atoms. The van der Waals surface area contributed by atoms with Crippen molar-refractivity contribution in [1.29, 1.82) is 10.5 Å². The van der Waals surface area contributed by atoms with Crippen LogP contribution in [-0.4, -0.2) is 12.1 Å². The summed E-state index contributed by atoms with van der Waals surface area (Å²) in [6.45, 7) is 0.0444. The van der Waals surface area contributed by atoms with Crippen molar-refractivity contribution in [2.45, 2.75) is 12.9 Å². The van der Waals surface area contributed by atoms with E-state index in [2.05, 4.69) is 9.73 Å². The van der Waals surface area contributed by atoms with Crippen LogP contribution >= 0.6 is 0 Å². The molecule has 0 radical (unpaired) electrons. The van der Waals surface area contributed by atoms with Gasteiger partial charge in [0.15, 0.2) is 0 Å². The van der Waals surface area contributed by atoms with Crippen molar-refractivity contribution in [3.05, 3.63) is 29.8 Å². The van der Waals surface area contributed by atoms with Crippen molar-refractivity contribution in [1.82, 2.24) is 0 Å². The highest BCUT2D eigenvalue weighted by Crippen LogP contribution is 2.22. The zero-order chi connectivity index (χ0) is 13.6. The van der Waals surface area contributed by atoms with Gasteiger partial charge in [-0.05, 0) is 17.7 Å². The maximum atomic E-state index is 11.9. The molecule has 0 amide bonds. The van der Waals surface area contributed by atoms with E-state index in [-0.39, 0.29) is 18.0 Å². The van der Waals surface area contributed by atoms with Crippen LogP contribution < -0.4 is 4.74 Å². The molecule has 0 spiro atoms. The molecule has 0 heterocycles. The number of benzene rings is 1. The normalized spacial score (nSPS) is 10.1. The summed E-state index contributed by atoms with van der Waals surface area (Å²) in [6, 6.07) is 8.18. The Labute approximate surface area is 101 Å². The standard InChI is InChI=1S/C11H6F3N3O/c12-11(13,14)18-10-3-1-8(2-4-10)7-17-9(5-15)6-16/h1-4H,7H2. The van der Waals surface area contributed by atoms with Gasteiger partial charge in [-0.2, -0.15) is 10.5 Å². The molecule has 0 saturated carbocycles. The smallest absolute Gasteiger partial charge is 0.406 e. The quantitative estimate of drug-likeness (QED) is 0.777. The van der Waals surface area contributed by atoms with E-state index in [0.29, 0.717) is 5.56 Å². The third-order valence-electron chi connectivity index (χ3n) is 1.79. The number of halogens is 3. The SMILES string of the molecule is N#CC(C#N)=NCc1ccc(OC(F)(F)F)cc1. The predicted octanol–water partition coefficient (Wildman–Crippen LogP) is 2.57. The Bertz CT molecular complexity index is 504. The van der Waals surface area contributed by atoms with E-state index in [4.69, 9.17) is 10.5 Å². The van der Waals surface area contributed by atoms with Crippen molar-refractivity contribution < 1.29 is 17.9 Å². The molecule has 4 nitrogen and oxygen atoms in total. The molecule has 0 N–H and O–H groups in total. The molecule has 0 unspecified atom stereocenters. The molecular formula is C11H6F3N3O. The first-order chi connectivity index (χ1) is 8.44. The van der Waals surface area contributed by atoms with Gasteiger partial charge in [-0.15, -0.1) is 13.2 Å². The lowest BCUT2D eigenvalue weighted by Crippen LogP contribution is -2.17. The number of alkyl halides is 3. The zero-order valence-electron chi connectivity index (χ0n) is 8.90. The van der Waals surface area contributed by atoms with Gasteiger partial charge in [-0.25, -0.2) is 0 Å². The summed E-state index contributed by atoms with van der Waals surface area (Å²) < 4.78 is 39.3. The Kier molecular flexibility index (Phi) is 4.27. The summed E-state index contributed by atoms with van der Waals surface area (Å²) in [6.07, 6.45) is -4.73. The Morgan fingerprint density at radius 3 is 2.17 bits per heavy atom. The second kappa shape index (κ2) is 5.69. The van der Waals surface area contributed by atoms with Crippen LogP contribution in [0, 0.1) is 22.7 Å². The van der Waals surface area contributed by atoms with Crippen LogP contribution in [0.25, 0.3) is 0 Å². The third kappa shape index (κ3) is 4.54. The number of hydrogen-bond acceptors (Lipinski definition) is 4. The molecule has 18 heavy (non-hydrogen) atoms. The Morgan fingerprint density at radius 1 is 1.17 bits per heavy atom. The molecule has 7 heteroatoms. The van der Waals surface area contributed by atoms with E-state index in [1.807, 2.05) is 0 Å². The summed E-state index contributed by atoms with van der Waals surface area (Å²) in [7, 11) is 0. The molecular weight excluding hydrogens is 247 g/mol. The lowest BCUT2D eigenvalue weighted by atomic mass is 10.2. The molecule has 1 aromatic carbocycles. The number of hydrogen-bond donors (Lipinski definition) is 0. The van der Waals surface area contributed by atoms with E-state index in [9.17, 15) is 13.2 Å². The number of rotatable bonds is 3. The Balaban J connectivity index is 2.71. The van der Waals surface area contributed by atoms with Crippen molar-refractivity contribution in [3.63, 3.8) is 0 Å². The number of ether oxygens (including phenoxy) is 1. The second-order valence-electron chi connectivity index (χ2n) is 3.08. The van der Waals surface area contributed by atoms with Gasteiger partial charge >= 0.3 is 6.36 Å². The molecule has 0 atom stereocenters. The highest BCUT2D eigenvalue weighted by atomic mass is 19.4. The van der Waals surface area contributed by atoms with Crippen LogP contribution in [0.3, 0.4) is 0 Å². The fraction of sp³-hybridized carbons (Fsp3) is 0.182. The van der Waals surface area contributed by atoms with E-state index >= 15 is 0 Å². The van der Waals surface area contributed by atoms with Gasteiger partial charge in [0.2, 0.25) is 5.71 Å². The molecule has 0 aliphatic rings. The third-order valence-corrected chi connectivity index (χ3v) is 1.79. The van der Waals surface area contributed by atoms with Gasteiger partial charge in [-0.1, -0.05) is 12.1 Å². The van der Waals surface area contributed by atoms with Crippen molar-refractivity contribution >= 4 is 5.71 Å². The Morgan fingerprint density at radius 2 is 1.72 bits per heavy atom. The summed E-state index contributed by atoms with van der Waals surface area (Å²) in [5, 5.41) is 16.9. The zero-order valence-corrected chi connectivity index (χ0v) is 8.90. The minimum Gasteiger partial charge on any atom is -0.406 e. The summed E-state index contributed by atoms with van der Waals surface area (Å²) >= 11 is 0. The lowest BCUT2D eigenvalue weighted by molar-refractivity contribution is -0.274. The second-order valence-corrected chi connectivity index (χ2v) is 3.08. The largest absolute Gasteiger partial charge is 0.573 e. The minimum absolute atomic E-state index is 0.0444. The fourth-order valence-corrected chi connectivity index (χ4v) is 1.06. The van der Waals surface area contributed by atoms with E-state index in [0.717, 1.165) is 12.1 Å². The molecule has 0 saturated heterocycles. The summed E-state index contributed by atoms with van der Waals surface area (Å²) in [4.78, 5) is 3.67. The van der Waals surface area contributed by atoms with E-state index in [1.54, 1.807) is 12.1 Å². The van der Waals surface area contributed by atoms with Gasteiger partial charge in [0.25, 0.3) is 0 Å². The monoisotopic (exact) mass is 253 g/mol. The first-order valence-corrected chi connectivity index (χ1v) is 4.64. The number of nitriles is 2. The minimum atomic E-state index is -4.73. The molecule has 92 valence electrons. The van der Waals surface area contributed by atoms with Crippen LogP contribution in [-0.2, 0) is 6.54 Å². The first kappa shape index (κ1) is 13.5. The van der Waals surface area contributed by atoms with Crippen LogP contribution in [0.4, 0.5) is 13.2 Å². The molecule has 1 rings (SSSR count). The van der Waals surface area contributed by atoms with E-state index < -0.39 is 6.36 Å². The topological polar surface area (TPSA) is 69.2 Å². The molecule has 0 fully saturated rings. The summed E-state index contributed by atoms with van der Waals surface area (Å²) in [5.41, 5.74) is 0.276. The van der Waals surface area contributed by atoms with Crippen LogP contribution in [0.1, 0.15) is 5.56 Å². The van der Waals surface area contributed by atoms with Crippen molar-refractivity contribution in [2.24, 2.45) is 4.99 Å². The molecule has 0 aliphatic carbocycles. The van der Waals surface area contributed by atoms with Gasteiger partial charge < -0.3 is 4.74 Å². The Hall–Kier alpha value is -2.54. The lowest BCUT2D eigenvalue weighted by Gasteiger charge is -2.08. The van der Waals surface area contributed by atoms with Crippen LogP contribution in [0.15, 0.2) is 29.3 Å². The highest BCUT2D eigenvalue weighted by Gasteiger charge is 2.30. The van der Waals surface area contributed by atoms with E-state index in [1.165, 1.54) is 12.1 Å². The number of nitrogens with zero attached hydrogens (tertiary/aromatic N) is 3. The maximum Gasteiger partial charge on any atom is 0.573 e. The van der Waals surface area contributed by atoms with Gasteiger partial charge in [0.05, 0.1) is 6.54 Å². The van der Waals surface area contributed by atoms with Gasteiger partial charge in [0, 0.05) is 0 Å².